The van der Waals surface area contributed by atoms with Crippen molar-refractivity contribution in [2.75, 3.05) is 7.11 Å². The number of thioether (sulfide) groups is 1. The largest absolute Gasteiger partial charge is 0.497 e. The molecule has 0 fully saturated rings. The standard InChI is InChI=1S/C20H19N5O2S/c1-13-4-6-15(7-5-13)19-21-18(27-24-19)12-28-20-23-22-14(2)25(20)16-8-10-17(26-3)11-9-16/h4-11H,12H2,1-3H3. The van der Waals surface area contributed by atoms with Gasteiger partial charge in [-0.2, -0.15) is 4.98 Å². The van der Waals surface area contributed by atoms with Crippen LogP contribution in [0.4, 0.5) is 0 Å². The molecule has 0 radical (unpaired) electrons. The van der Waals surface area contributed by atoms with Gasteiger partial charge in [0.05, 0.1) is 12.9 Å². The molecule has 0 unspecified atom stereocenters. The van der Waals surface area contributed by atoms with Crippen LogP contribution in [0.1, 0.15) is 17.3 Å². The maximum atomic E-state index is 5.40. The Bertz CT molecular complexity index is 1070. The Morgan fingerprint density at radius 2 is 1.75 bits per heavy atom. The van der Waals surface area contributed by atoms with Gasteiger partial charge < -0.3 is 9.26 Å². The van der Waals surface area contributed by atoms with Crippen molar-refractivity contribution in [2.45, 2.75) is 24.8 Å². The molecule has 2 aromatic carbocycles. The van der Waals surface area contributed by atoms with Gasteiger partial charge in [0.2, 0.25) is 11.7 Å². The summed E-state index contributed by atoms with van der Waals surface area (Å²) in [4.78, 5) is 4.48. The quantitative estimate of drug-likeness (QED) is 0.453. The fourth-order valence-electron chi connectivity index (χ4n) is 2.72. The highest BCUT2D eigenvalue weighted by molar-refractivity contribution is 7.98. The normalized spacial score (nSPS) is 11.0. The van der Waals surface area contributed by atoms with Gasteiger partial charge in [0.15, 0.2) is 5.16 Å². The van der Waals surface area contributed by atoms with E-state index in [-0.39, 0.29) is 0 Å². The van der Waals surface area contributed by atoms with E-state index in [9.17, 15) is 0 Å². The lowest BCUT2D eigenvalue weighted by Gasteiger charge is -2.08. The summed E-state index contributed by atoms with van der Waals surface area (Å²) in [5.41, 5.74) is 3.09. The fraction of sp³-hybridized carbons (Fsp3) is 0.200. The minimum absolute atomic E-state index is 0.507. The van der Waals surface area contributed by atoms with Gasteiger partial charge in [-0.1, -0.05) is 46.7 Å². The molecule has 142 valence electrons. The zero-order valence-corrected chi connectivity index (χ0v) is 16.6. The van der Waals surface area contributed by atoms with Gasteiger partial charge in [0.25, 0.3) is 0 Å². The molecule has 0 aliphatic heterocycles. The SMILES string of the molecule is COc1ccc(-n2c(C)nnc2SCc2nc(-c3ccc(C)cc3)no2)cc1. The molecule has 0 aliphatic rings. The van der Waals surface area contributed by atoms with Crippen LogP contribution in [0.2, 0.25) is 0 Å². The van der Waals surface area contributed by atoms with Crippen molar-refractivity contribution in [3.8, 4) is 22.8 Å². The molecule has 28 heavy (non-hydrogen) atoms. The van der Waals surface area contributed by atoms with Gasteiger partial charge in [0.1, 0.15) is 11.6 Å². The van der Waals surface area contributed by atoms with Crippen LogP contribution < -0.4 is 4.74 Å². The summed E-state index contributed by atoms with van der Waals surface area (Å²) >= 11 is 1.50. The Kier molecular flexibility index (Phi) is 5.12. The molecule has 0 saturated heterocycles. The van der Waals surface area contributed by atoms with Gasteiger partial charge in [-0.3, -0.25) is 4.57 Å². The summed E-state index contributed by atoms with van der Waals surface area (Å²) in [6.07, 6.45) is 0. The van der Waals surface area contributed by atoms with E-state index < -0.39 is 0 Å². The second kappa shape index (κ2) is 7.85. The van der Waals surface area contributed by atoms with Crippen LogP contribution in [0.5, 0.6) is 5.75 Å². The molecule has 7 nitrogen and oxygen atoms in total. The number of rotatable bonds is 6. The third-order valence-electron chi connectivity index (χ3n) is 4.23. The fourth-order valence-corrected chi connectivity index (χ4v) is 3.56. The first-order valence-electron chi connectivity index (χ1n) is 8.73. The Morgan fingerprint density at radius 3 is 2.46 bits per heavy atom. The smallest absolute Gasteiger partial charge is 0.237 e. The topological polar surface area (TPSA) is 78.9 Å². The van der Waals surface area contributed by atoms with Crippen LogP contribution in [0.25, 0.3) is 17.1 Å². The summed E-state index contributed by atoms with van der Waals surface area (Å²) in [6.45, 7) is 3.96. The predicted molar refractivity (Wildman–Crippen MR) is 107 cm³/mol. The van der Waals surface area contributed by atoms with E-state index in [1.807, 2.05) is 66.9 Å². The number of hydrogen-bond acceptors (Lipinski definition) is 7. The van der Waals surface area contributed by atoms with Crippen LogP contribution in [0, 0.1) is 13.8 Å². The van der Waals surface area contributed by atoms with Crippen molar-refractivity contribution in [3.63, 3.8) is 0 Å². The van der Waals surface area contributed by atoms with E-state index in [0.29, 0.717) is 17.5 Å². The minimum atomic E-state index is 0.507. The number of aryl methyl sites for hydroxylation is 2. The number of hydrogen-bond donors (Lipinski definition) is 0. The maximum absolute atomic E-state index is 5.40. The third-order valence-corrected chi connectivity index (χ3v) is 5.14. The Morgan fingerprint density at radius 1 is 1.00 bits per heavy atom. The highest BCUT2D eigenvalue weighted by atomic mass is 32.2. The van der Waals surface area contributed by atoms with E-state index in [4.69, 9.17) is 9.26 Å². The van der Waals surface area contributed by atoms with Crippen LogP contribution >= 0.6 is 11.8 Å². The molecule has 4 aromatic rings. The average molecular weight is 393 g/mol. The van der Waals surface area contributed by atoms with Gasteiger partial charge >= 0.3 is 0 Å². The predicted octanol–water partition coefficient (Wildman–Crippen LogP) is 4.24. The summed E-state index contributed by atoms with van der Waals surface area (Å²) in [5.74, 6) is 3.25. The molecule has 0 aliphatic carbocycles. The van der Waals surface area contributed by atoms with Crippen molar-refractivity contribution in [3.05, 3.63) is 65.8 Å². The summed E-state index contributed by atoms with van der Waals surface area (Å²) in [7, 11) is 1.65. The van der Waals surface area contributed by atoms with Crippen LogP contribution in [-0.2, 0) is 5.75 Å². The summed E-state index contributed by atoms with van der Waals surface area (Å²) < 4.78 is 12.6. The molecule has 8 heteroatoms. The van der Waals surface area contributed by atoms with Crippen molar-refractivity contribution in [1.29, 1.82) is 0 Å². The molecule has 4 rings (SSSR count). The summed E-state index contributed by atoms with van der Waals surface area (Å²) in [6, 6.07) is 15.8. The Labute approximate surface area is 166 Å². The molecule has 0 saturated carbocycles. The van der Waals surface area contributed by atoms with Gasteiger partial charge in [-0.15, -0.1) is 10.2 Å². The van der Waals surface area contributed by atoms with Crippen LogP contribution in [0.3, 0.4) is 0 Å². The first-order chi connectivity index (χ1) is 13.6. The molecule has 0 spiro atoms. The molecule has 0 bridgehead atoms. The molecule has 2 heterocycles. The Balaban J connectivity index is 1.51. The lowest BCUT2D eigenvalue weighted by Crippen LogP contribution is -1.99. The monoisotopic (exact) mass is 393 g/mol. The molecule has 2 aromatic heterocycles. The van der Waals surface area contributed by atoms with Crippen molar-refractivity contribution >= 4 is 11.8 Å². The maximum Gasteiger partial charge on any atom is 0.237 e. The van der Waals surface area contributed by atoms with E-state index in [2.05, 4.69) is 20.3 Å². The number of aromatic nitrogens is 5. The zero-order valence-electron chi connectivity index (χ0n) is 15.8. The first kappa shape index (κ1) is 18.2. The lowest BCUT2D eigenvalue weighted by molar-refractivity contribution is 0.391. The molecule has 0 atom stereocenters. The molecule has 0 amide bonds. The lowest BCUT2D eigenvalue weighted by atomic mass is 10.1. The first-order valence-corrected chi connectivity index (χ1v) is 9.71. The number of methoxy groups -OCH3 is 1. The van der Waals surface area contributed by atoms with E-state index >= 15 is 0 Å². The second-order valence-corrected chi connectivity index (χ2v) is 7.17. The molecular weight excluding hydrogens is 374 g/mol. The number of ether oxygens (including phenoxy) is 1. The summed E-state index contributed by atoms with van der Waals surface area (Å²) in [5, 5.41) is 13.3. The van der Waals surface area contributed by atoms with Gasteiger partial charge in [-0.05, 0) is 38.1 Å². The molecule has 0 N–H and O–H groups in total. The van der Waals surface area contributed by atoms with E-state index in [1.54, 1.807) is 7.11 Å². The van der Waals surface area contributed by atoms with Crippen molar-refractivity contribution in [2.24, 2.45) is 0 Å². The van der Waals surface area contributed by atoms with E-state index in [0.717, 1.165) is 28.0 Å². The number of benzene rings is 2. The highest BCUT2D eigenvalue weighted by Crippen LogP contribution is 2.26. The minimum Gasteiger partial charge on any atom is -0.497 e. The highest BCUT2D eigenvalue weighted by Gasteiger charge is 2.14. The van der Waals surface area contributed by atoms with Crippen molar-refractivity contribution < 1.29 is 9.26 Å². The zero-order chi connectivity index (χ0) is 19.5. The third kappa shape index (κ3) is 3.77. The molecular formula is C20H19N5O2S. The van der Waals surface area contributed by atoms with Crippen molar-refractivity contribution in [1.82, 2.24) is 24.9 Å². The van der Waals surface area contributed by atoms with E-state index in [1.165, 1.54) is 17.3 Å². The van der Waals surface area contributed by atoms with Crippen LogP contribution in [-0.4, -0.2) is 32.0 Å². The average Bonchev–Trinajstić information content (AvgIpc) is 3.34. The number of nitrogens with zero attached hydrogens (tertiary/aromatic N) is 5. The van der Waals surface area contributed by atoms with Crippen LogP contribution in [0.15, 0.2) is 58.2 Å². The second-order valence-electron chi connectivity index (χ2n) is 6.23. The van der Waals surface area contributed by atoms with Gasteiger partial charge in [-0.25, -0.2) is 0 Å². The Hall–Kier alpha value is -3.13. The van der Waals surface area contributed by atoms with Gasteiger partial charge in [0, 0.05) is 11.3 Å².